The highest BCUT2D eigenvalue weighted by atomic mass is 16.5. The highest BCUT2D eigenvalue weighted by Gasteiger charge is 2.20. The summed E-state index contributed by atoms with van der Waals surface area (Å²) in [4.78, 5) is 11.9. The van der Waals surface area contributed by atoms with Crippen molar-refractivity contribution in [1.29, 1.82) is 0 Å². The van der Waals surface area contributed by atoms with Gasteiger partial charge in [-0.15, -0.1) is 0 Å². The summed E-state index contributed by atoms with van der Waals surface area (Å²) in [5, 5.41) is 10.1. The van der Waals surface area contributed by atoms with Gasteiger partial charge in [0.25, 0.3) is 0 Å². The molecule has 0 aromatic carbocycles. The molecule has 0 saturated carbocycles. The predicted octanol–water partition coefficient (Wildman–Crippen LogP) is 1.09. The lowest BCUT2D eigenvalue weighted by Gasteiger charge is -2.22. The molecule has 5 heteroatoms. The zero-order valence-electron chi connectivity index (χ0n) is 11.1. The zero-order valence-corrected chi connectivity index (χ0v) is 11.1. The summed E-state index contributed by atoms with van der Waals surface area (Å²) in [5.41, 5.74) is 2.02. The van der Waals surface area contributed by atoms with Crippen molar-refractivity contribution in [2.45, 2.75) is 45.6 Å². The fourth-order valence-corrected chi connectivity index (χ4v) is 2.37. The van der Waals surface area contributed by atoms with Crippen molar-refractivity contribution in [3.05, 3.63) is 17.0 Å². The summed E-state index contributed by atoms with van der Waals surface area (Å²) in [5.74, 6) is 0.957. The van der Waals surface area contributed by atoms with Gasteiger partial charge in [0.05, 0.1) is 11.7 Å². The molecule has 1 aromatic heterocycles. The second-order valence-corrected chi connectivity index (χ2v) is 4.85. The number of nitrogens with zero attached hydrogens (tertiary/aromatic N) is 1. The summed E-state index contributed by atoms with van der Waals surface area (Å²) in [6.45, 7) is 5.41. The van der Waals surface area contributed by atoms with Gasteiger partial charge in [-0.2, -0.15) is 0 Å². The first-order valence-electron chi connectivity index (χ1n) is 6.61. The topological polar surface area (TPSA) is 67.2 Å². The van der Waals surface area contributed by atoms with Crippen LogP contribution in [0.1, 0.15) is 36.3 Å². The summed E-state index contributed by atoms with van der Waals surface area (Å²) in [6, 6.07) is -0.0107. The fourth-order valence-electron chi connectivity index (χ4n) is 2.37. The van der Waals surface area contributed by atoms with Gasteiger partial charge in [0, 0.05) is 12.1 Å². The monoisotopic (exact) mass is 251 g/mol. The van der Waals surface area contributed by atoms with Crippen molar-refractivity contribution in [2.75, 3.05) is 13.1 Å². The molecule has 0 radical (unpaired) electrons. The molecule has 1 aliphatic rings. The van der Waals surface area contributed by atoms with E-state index in [4.69, 9.17) is 4.52 Å². The Morgan fingerprint density at radius 2 is 2.33 bits per heavy atom. The third-order valence-corrected chi connectivity index (χ3v) is 3.48. The Hall–Kier alpha value is -1.36. The molecule has 1 atom stereocenters. The summed E-state index contributed by atoms with van der Waals surface area (Å²) in [7, 11) is 0. The number of amides is 1. The number of hydrogen-bond donors (Lipinski definition) is 2. The lowest BCUT2D eigenvalue weighted by molar-refractivity contribution is -0.123. The van der Waals surface area contributed by atoms with Gasteiger partial charge in [-0.1, -0.05) is 11.6 Å². The lowest BCUT2D eigenvalue weighted by atomic mass is 10.0. The molecule has 1 saturated heterocycles. The number of aryl methyl sites for hydroxylation is 2. The normalized spacial score (nSPS) is 19.8. The Morgan fingerprint density at radius 3 is 2.94 bits per heavy atom. The van der Waals surface area contributed by atoms with Gasteiger partial charge in [0.15, 0.2) is 0 Å². The molecule has 2 rings (SSSR count). The van der Waals surface area contributed by atoms with Crippen LogP contribution in [0.3, 0.4) is 0 Å². The average molecular weight is 251 g/mol. The maximum atomic E-state index is 11.9. The molecule has 1 aliphatic heterocycles. The molecular weight excluding hydrogens is 230 g/mol. The minimum Gasteiger partial charge on any atom is -0.361 e. The number of aromatic nitrogens is 1. The minimum atomic E-state index is -0.0107. The Bertz CT molecular complexity index is 389. The summed E-state index contributed by atoms with van der Waals surface area (Å²) >= 11 is 0. The maximum absolute atomic E-state index is 11.9. The number of nitrogens with one attached hydrogen (secondary N) is 2. The molecule has 1 unspecified atom stereocenters. The molecule has 100 valence electrons. The van der Waals surface area contributed by atoms with Crippen LogP contribution in [0.4, 0.5) is 0 Å². The van der Waals surface area contributed by atoms with Gasteiger partial charge in [-0.25, -0.2) is 0 Å². The standard InChI is InChI=1S/C13H21N3O2/c1-9-11(10(2)18-16-9)6-8-15-13(17)12-5-3-4-7-14-12/h12,14H,3-8H2,1-2H3,(H,15,17). The predicted molar refractivity (Wildman–Crippen MR) is 68.3 cm³/mol. The highest BCUT2D eigenvalue weighted by molar-refractivity contribution is 5.81. The molecule has 1 fully saturated rings. The molecular formula is C13H21N3O2. The van der Waals surface area contributed by atoms with Gasteiger partial charge in [0.1, 0.15) is 5.76 Å². The molecule has 18 heavy (non-hydrogen) atoms. The Kier molecular flexibility index (Phi) is 4.36. The third kappa shape index (κ3) is 3.10. The smallest absolute Gasteiger partial charge is 0.237 e. The van der Waals surface area contributed by atoms with E-state index in [1.165, 1.54) is 6.42 Å². The number of carbonyl (C=O) groups is 1. The Balaban J connectivity index is 1.76. The van der Waals surface area contributed by atoms with Gasteiger partial charge >= 0.3 is 0 Å². The first-order valence-corrected chi connectivity index (χ1v) is 6.61. The van der Waals surface area contributed by atoms with Crippen LogP contribution in [0, 0.1) is 13.8 Å². The fraction of sp³-hybridized carbons (Fsp3) is 0.692. The van der Waals surface area contributed by atoms with E-state index < -0.39 is 0 Å². The van der Waals surface area contributed by atoms with Gasteiger partial charge in [0.2, 0.25) is 5.91 Å². The number of carbonyl (C=O) groups excluding carboxylic acids is 1. The van der Waals surface area contributed by atoms with E-state index in [0.29, 0.717) is 6.54 Å². The summed E-state index contributed by atoms with van der Waals surface area (Å²) < 4.78 is 5.09. The molecule has 0 aliphatic carbocycles. The summed E-state index contributed by atoms with van der Waals surface area (Å²) in [6.07, 6.45) is 4.02. The van der Waals surface area contributed by atoms with Crippen molar-refractivity contribution >= 4 is 5.91 Å². The number of piperidine rings is 1. The second kappa shape index (κ2) is 6.00. The van der Waals surface area contributed by atoms with Crippen molar-refractivity contribution in [1.82, 2.24) is 15.8 Å². The van der Waals surface area contributed by atoms with E-state index in [-0.39, 0.29) is 11.9 Å². The van der Waals surface area contributed by atoms with Crippen molar-refractivity contribution in [3.8, 4) is 0 Å². The highest BCUT2D eigenvalue weighted by Crippen LogP contribution is 2.12. The van der Waals surface area contributed by atoms with Gasteiger partial charge < -0.3 is 15.2 Å². The average Bonchev–Trinajstić information content (AvgIpc) is 2.71. The van der Waals surface area contributed by atoms with Crippen LogP contribution in [-0.2, 0) is 11.2 Å². The first kappa shape index (κ1) is 13.1. The van der Waals surface area contributed by atoms with Gasteiger partial charge in [-0.3, -0.25) is 4.79 Å². The molecule has 5 nitrogen and oxygen atoms in total. The van der Waals surface area contributed by atoms with E-state index in [9.17, 15) is 4.79 Å². The van der Waals surface area contributed by atoms with Crippen LogP contribution in [0.15, 0.2) is 4.52 Å². The second-order valence-electron chi connectivity index (χ2n) is 4.85. The molecule has 0 spiro atoms. The third-order valence-electron chi connectivity index (χ3n) is 3.48. The quantitative estimate of drug-likeness (QED) is 0.840. The van der Waals surface area contributed by atoms with Crippen molar-refractivity contribution in [2.24, 2.45) is 0 Å². The molecule has 2 N–H and O–H groups in total. The van der Waals surface area contributed by atoms with Crippen LogP contribution in [0.2, 0.25) is 0 Å². The van der Waals surface area contributed by atoms with Crippen molar-refractivity contribution in [3.63, 3.8) is 0 Å². The van der Waals surface area contributed by atoms with Crippen LogP contribution >= 0.6 is 0 Å². The van der Waals surface area contributed by atoms with E-state index in [1.54, 1.807) is 0 Å². The molecule has 1 amide bonds. The maximum Gasteiger partial charge on any atom is 0.237 e. The Labute approximate surface area is 107 Å². The van der Waals surface area contributed by atoms with E-state index in [2.05, 4.69) is 15.8 Å². The SMILES string of the molecule is Cc1noc(C)c1CCNC(=O)C1CCCCN1. The van der Waals surface area contributed by atoms with Crippen LogP contribution in [-0.4, -0.2) is 30.2 Å². The van der Waals surface area contributed by atoms with E-state index in [1.807, 2.05) is 13.8 Å². The molecule has 0 bridgehead atoms. The molecule has 2 heterocycles. The number of hydrogen-bond acceptors (Lipinski definition) is 4. The van der Waals surface area contributed by atoms with Crippen molar-refractivity contribution < 1.29 is 9.32 Å². The van der Waals surface area contributed by atoms with Crippen LogP contribution in [0.5, 0.6) is 0 Å². The lowest BCUT2D eigenvalue weighted by Crippen LogP contribution is -2.47. The van der Waals surface area contributed by atoms with E-state index in [0.717, 1.165) is 42.8 Å². The zero-order chi connectivity index (χ0) is 13.0. The van der Waals surface area contributed by atoms with Crippen LogP contribution < -0.4 is 10.6 Å². The number of rotatable bonds is 4. The first-order chi connectivity index (χ1) is 8.68. The molecule has 1 aromatic rings. The van der Waals surface area contributed by atoms with E-state index >= 15 is 0 Å². The minimum absolute atomic E-state index is 0.0107. The van der Waals surface area contributed by atoms with Crippen LogP contribution in [0.25, 0.3) is 0 Å². The Morgan fingerprint density at radius 1 is 1.50 bits per heavy atom. The largest absolute Gasteiger partial charge is 0.361 e. The van der Waals surface area contributed by atoms with Gasteiger partial charge in [-0.05, 0) is 39.7 Å².